The van der Waals surface area contributed by atoms with Crippen molar-refractivity contribution >= 4 is 29.3 Å². The molecule has 0 bridgehead atoms. The second-order valence-electron chi connectivity index (χ2n) is 4.07. The third-order valence-corrected chi connectivity index (χ3v) is 3.57. The van der Waals surface area contributed by atoms with Gasteiger partial charge in [0.25, 0.3) is 0 Å². The van der Waals surface area contributed by atoms with Gasteiger partial charge in [0.2, 0.25) is 11.7 Å². The summed E-state index contributed by atoms with van der Waals surface area (Å²) in [6.07, 6.45) is 1.37. The average Bonchev–Trinajstić information content (AvgIpc) is 2.86. The number of hydrogen-bond donors (Lipinski definition) is 2. The summed E-state index contributed by atoms with van der Waals surface area (Å²) in [5, 5.41) is 11.6. The summed E-state index contributed by atoms with van der Waals surface area (Å²) >= 11 is 1.50. The van der Waals surface area contributed by atoms with Gasteiger partial charge in [-0.1, -0.05) is 0 Å². The van der Waals surface area contributed by atoms with Crippen LogP contribution in [0.15, 0.2) is 45.9 Å². The first-order valence-electron chi connectivity index (χ1n) is 5.86. The summed E-state index contributed by atoms with van der Waals surface area (Å²) in [7, 11) is 0. The largest absolute Gasteiger partial charge is 0.475 e. The van der Waals surface area contributed by atoms with E-state index < -0.39 is 5.97 Å². The van der Waals surface area contributed by atoms with E-state index in [0.29, 0.717) is 11.3 Å². The zero-order valence-electron chi connectivity index (χ0n) is 10.8. The first-order chi connectivity index (χ1) is 9.56. The molecule has 5 nitrogen and oxygen atoms in total. The Bertz CT molecular complexity index is 618. The molecule has 6 heteroatoms. The van der Waals surface area contributed by atoms with E-state index in [0.717, 1.165) is 10.6 Å². The van der Waals surface area contributed by atoms with E-state index in [9.17, 15) is 9.59 Å². The van der Waals surface area contributed by atoms with E-state index in [1.807, 2.05) is 12.1 Å². The van der Waals surface area contributed by atoms with E-state index in [2.05, 4.69) is 5.32 Å². The zero-order valence-corrected chi connectivity index (χ0v) is 11.6. The van der Waals surface area contributed by atoms with Crippen LogP contribution in [0.5, 0.6) is 0 Å². The molecule has 20 heavy (non-hydrogen) atoms. The van der Waals surface area contributed by atoms with E-state index >= 15 is 0 Å². The minimum Gasteiger partial charge on any atom is -0.475 e. The molecule has 0 unspecified atom stereocenters. The minimum absolute atomic E-state index is 0.0210. The van der Waals surface area contributed by atoms with Gasteiger partial charge < -0.3 is 14.8 Å². The fourth-order valence-electron chi connectivity index (χ4n) is 1.64. The van der Waals surface area contributed by atoms with Crippen LogP contribution in [-0.2, 0) is 10.5 Å². The van der Waals surface area contributed by atoms with Crippen LogP contribution in [0.2, 0.25) is 0 Å². The highest BCUT2D eigenvalue weighted by atomic mass is 32.2. The Morgan fingerprint density at radius 2 is 1.95 bits per heavy atom. The molecule has 0 fully saturated rings. The van der Waals surface area contributed by atoms with E-state index in [4.69, 9.17) is 9.52 Å². The predicted octanol–water partition coefficient (Wildman–Crippen LogP) is 3.23. The smallest absolute Gasteiger partial charge is 0.372 e. The molecule has 0 radical (unpaired) electrons. The molecule has 1 aromatic carbocycles. The Kier molecular flexibility index (Phi) is 4.47. The molecule has 0 atom stereocenters. The van der Waals surface area contributed by atoms with Gasteiger partial charge in [-0.3, -0.25) is 4.79 Å². The predicted molar refractivity (Wildman–Crippen MR) is 76.0 cm³/mol. The van der Waals surface area contributed by atoms with Crippen molar-refractivity contribution in [2.45, 2.75) is 17.6 Å². The summed E-state index contributed by atoms with van der Waals surface area (Å²) in [5.74, 6) is -0.689. The van der Waals surface area contributed by atoms with Crippen LogP contribution >= 0.6 is 11.8 Å². The Morgan fingerprint density at radius 1 is 1.25 bits per heavy atom. The SMILES string of the molecule is CC(=O)Nc1ccc(SCc2ccoc2C(=O)O)cc1. The second-order valence-corrected chi connectivity index (χ2v) is 5.12. The van der Waals surface area contributed by atoms with Crippen LogP contribution in [0.4, 0.5) is 5.69 Å². The monoisotopic (exact) mass is 291 g/mol. The number of furan rings is 1. The fourth-order valence-corrected chi connectivity index (χ4v) is 2.51. The average molecular weight is 291 g/mol. The van der Waals surface area contributed by atoms with Crippen molar-refractivity contribution in [2.24, 2.45) is 0 Å². The van der Waals surface area contributed by atoms with Gasteiger partial charge in [0, 0.05) is 28.8 Å². The lowest BCUT2D eigenvalue weighted by atomic mass is 10.3. The number of nitrogens with one attached hydrogen (secondary N) is 1. The van der Waals surface area contributed by atoms with E-state index in [1.165, 1.54) is 24.9 Å². The first kappa shape index (κ1) is 14.2. The van der Waals surface area contributed by atoms with Gasteiger partial charge in [0.1, 0.15) is 0 Å². The first-order valence-corrected chi connectivity index (χ1v) is 6.85. The van der Waals surface area contributed by atoms with Gasteiger partial charge in [-0.2, -0.15) is 0 Å². The van der Waals surface area contributed by atoms with Crippen LogP contribution in [0.25, 0.3) is 0 Å². The van der Waals surface area contributed by atoms with Gasteiger partial charge in [0.15, 0.2) is 0 Å². The van der Waals surface area contributed by atoms with Crippen molar-refractivity contribution in [3.63, 3.8) is 0 Å². The summed E-state index contributed by atoms with van der Waals surface area (Å²) in [6.45, 7) is 1.45. The molecule has 1 amide bonds. The molecule has 0 aliphatic carbocycles. The highest BCUT2D eigenvalue weighted by Crippen LogP contribution is 2.26. The van der Waals surface area contributed by atoms with Crippen molar-refractivity contribution in [3.8, 4) is 0 Å². The Hall–Kier alpha value is -2.21. The van der Waals surface area contributed by atoms with Crippen LogP contribution in [-0.4, -0.2) is 17.0 Å². The van der Waals surface area contributed by atoms with Crippen molar-refractivity contribution in [3.05, 3.63) is 47.9 Å². The number of amides is 1. The number of carbonyl (C=O) groups excluding carboxylic acids is 1. The molecule has 2 rings (SSSR count). The second kappa shape index (κ2) is 6.29. The van der Waals surface area contributed by atoms with E-state index in [1.54, 1.807) is 18.2 Å². The molecule has 0 saturated carbocycles. The highest BCUT2D eigenvalue weighted by molar-refractivity contribution is 7.98. The molecule has 2 N–H and O–H groups in total. The molecule has 1 heterocycles. The minimum atomic E-state index is -1.06. The summed E-state index contributed by atoms with van der Waals surface area (Å²) < 4.78 is 4.92. The van der Waals surface area contributed by atoms with Gasteiger partial charge in [-0.15, -0.1) is 11.8 Å². The van der Waals surface area contributed by atoms with Gasteiger partial charge >= 0.3 is 5.97 Å². The molecule has 2 aromatic rings. The molecule has 0 saturated heterocycles. The fraction of sp³-hybridized carbons (Fsp3) is 0.143. The molecular formula is C14H13NO4S. The maximum Gasteiger partial charge on any atom is 0.372 e. The third-order valence-electron chi connectivity index (χ3n) is 2.51. The summed E-state index contributed by atoms with van der Waals surface area (Å²) in [5.41, 5.74) is 1.38. The number of carboxylic acid groups (broad SMARTS) is 1. The molecule has 1 aromatic heterocycles. The number of aromatic carboxylic acids is 1. The highest BCUT2D eigenvalue weighted by Gasteiger charge is 2.13. The van der Waals surface area contributed by atoms with Crippen LogP contribution in [0.3, 0.4) is 0 Å². The van der Waals surface area contributed by atoms with Crippen molar-refractivity contribution in [2.75, 3.05) is 5.32 Å². The Labute approximate surface area is 120 Å². The number of carbonyl (C=O) groups is 2. The van der Waals surface area contributed by atoms with Crippen molar-refractivity contribution in [1.29, 1.82) is 0 Å². The maximum absolute atomic E-state index is 10.9. The lowest BCUT2D eigenvalue weighted by molar-refractivity contribution is -0.114. The lowest BCUT2D eigenvalue weighted by Gasteiger charge is -2.04. The summed E-state index contributed by atoms with van der Waals surface area (Å²) in [6, 6.07) is 9.00. The number of thioether (sulfide) groups is 1. The zero-order chi connectivity index (χ0) is 14.5. The Morgan fingerprint density at radius 3 is 2.55 bits per heavy atom. The molecule has 104 valence electrons. The molecule has 0 aliphatic heterocycles. The van der Waals surface area contributed by atoms with Crippen molar-refractivity contribution < 1.29 is 19.1 Å². The molecule has 0 spiro atoms. The number of carboxylic acids is 1. The molecule has 0 aliphatic rings. The number of anilines is 1. The standard InChI is InChI=1S/C14H13NO4S/c1-9(16)15-11-2-4-12(5-3-11)20-8-10-6-7-19-13(10)14(17)18/h2-7H,8H2,1H3,(H,15,16)(H,17,18). The van der Waals surface area contributed by atoms with Gasteiger partial charge in [0.05, 0.1) is 6.26 Å². The van der Waals surface area contributed by atoms with Gasteiger partial charge in [-0.25, -0.2) is 4.79 Å². The summed E-state index contributed by atoms with van der Waals surface area (Å²) in [4.78, 5) is 22.8. The number of hydrogen-bond acceptors (Lipinski definition) is 4. The van der Waals surface area contributed by atoms with Crippen LogP contribution in [0, 0.1) is 0 Å². The van der Waals surface area contributed by atoms with Crippen LogP contribution < -0.4 is 5.32 Å². The van der Waals surface area contributed by atoms with Crippen LogP contribution in [0.1, 0.15) is 23.0 Å². The molecular weight excluding hydrogens is 278 g/mol. The maximum atomic E-state index is 10.9. The quantitative estimate of drug-likeness (QED) is 0.827. The Balaban J connectivity index is 1.98. The van der Waals surface area contributed by atoms with Crippen molar-refractivity contribution in [1.82, 2.24) is 0 Å². The van der Waals surface area contributed by atoms with Gasteiger partial charge in [-0.05, 0) is 30.3 Å². The van der Waals surface area contributed by atoms with E-state index in [-0.39, 0.29) is 11.7 Å². The topological polar surface area (TPSA) is 79.5 Å². The number of benzene rings is 1. The number of rotatable bonds is 5. The normalized spacial score (nSPS) is 10.2. The third kappa shape index (κ3) is 3.64. The lowest BCUT2D eigenvalue weighted by Crippen LogP contribution is -2.05.